The number of pyridine rings is 1. The summed E-state index contributed by atoms with van der Waals surface area (Å²) in [4.78, 5) is 31.6. The number of aromatic nitrogens is 3. The summed E-state index contributed by atoms with van der Waals surface area (Å²) >= 11 is 1.43. The fourth-order valence-electron chi connectivity index (χ4n) is 4.96. The average molecular weight is 662 g/mol. The Morgan fingerprint density at radius 3 is 2.55 bits per heavy atom. The van der Waals surface area contributed by atoms with E-state index in [0.29, 0.717) is 33.7 Å². The van der Waals surface area contributed by atoms with E-state index in [1.54, 1.807) is 36.5 Å². The molecule has 4 rings (SSSR count). The van der Waals surface area contributed by atoms with Gasteiger partial charge in [-0.25, -0.2) is 4.98 Å². The smallest absolute Gasteiger partial charge is 0.256 e. The summed E-state index contributed by atoms with van der Waals surface area (Å²) in [5.74, 6) is 2.00. The van der Waals surface area contributed by atoms with Crippen LogP contribution in [-0.2, 0) is 11.2 Å². The number of rotatable bonds is 13. The molecule has 9 heteroatoms. The number of aryl methyl sites for hydroxylation is 1. The van der Waals surface area contributed by atoms with Crippen molar-refractivity contribution in [1.29, 1.82) is 0 Å². The fraction of sp³-hybridized carbons (Fsp3) is 0.474. The van der Waals surface area contributed by atoms with Crippen molar-refractivity contribution < 1.29 is 14.3 Å². The standard InChI is InChI=1S/C22H24N4O2S.C14H25NO.C2H6/c1-5-7-18-20-19(12-13-23-21(20)26-25-18)28-17-10-8-16(9-11-17)22(27)24-15(4)29-14(3)6-2;1-3-4-5-6-7-10-14(16)15-11-8-9-13(2)12-15;1-2/h6,8-13H,4-5,7H2,1-3H3,(H,24,27)(H,23,25,26);7,10,13H,3-6,8-9,11-12H2,1-2H3;1-2H3/b14-6-;10-7+;. The van der Waals surface area contributed by atoms with Gasteiger partial charge in [0.2, 0.25) is 5.91 Å². The Kier molecular flexibility index (Phi) is 18.3. The first-order valence-electron chi connectivity index (χ1n) is 17.1. The highest BCUT2D eigenvalue weighted by Crippen LogP contribution is 2.31. The van der Waals surface area contributed by atoms with Crippen molar-refractivity contribution in [2.75, 3.05) is 13.1 Å². The molecular weight excluding hydrogens is 607 g/mol. The summed E-state index contributed by atoms with van der Waals surface area (Å²) in [5, 5.41) is 11.6. The lowest BCUT2D eigenvalue weighted by Gasteiger charge is -2.30. The third-order valence-electron chi connectivity index (χ3n) is 7.48. The van der Waals surface area contributed by atoms with E-state index in [2.05, 4.69) is 47.8 Å². The molecule has 0 radical (unpaired) electrons. The number of amides is 2. The number of carbonyl (C=O) groups excluding carboxylic acids is 2. The minimum absolute atomic E-state index is 0.204. The Morgan fingerprint density at radius 1 is 1.15 bits per heavy atom. The van der Waals surface area contributed by atoms with E-state index in [1.165, 1.54) is 37.4 Å². The second-order valence-corrected chi connectivity index (χ2v) is 12.7. The highest BCUT2D eigenvalue weighted by molar-refractivity contribution is 8.06. The van der Waals surface area contributed by atoms with Gasteiger partial charge < -0.3 is 15.0 Å². The quantitative estimate of drug-likeness (QED) is 0.140. The number of likely N-dealkylation sites (tertiary alicyclic amines) is 1. The van der Waals surface area contributed by atoms with E-state index in [1.807, 2.05) is 50.8 Å². The van der Waals surface area contributed by atoms with Gasteiger partial charge in [0, 0.05) is 30.5 Å². The second kappa shape index (κ2) is 21.9. The van der Waals surface area contributed by atoms with Crippen LogP contribution in [0, 0.1) is 5.92 Å². The molecule has 1 unspecified atom stereocenters. The minimum Gasteiger partial charge on any atom is -0.456 e. The molecular formula is C38H55N5O3S. The molecule has 1 aliphatic rings. The Balaban J connectivity index is 0.000000362. The van der Waals surface area contributed by atoms with Crippen LogP contribution in [0.25, 0.3) is 11.0 Å². The summed E-state index contributed by atoms with van der Waals surface area (Å²) in [6.45, 7) is 20.2. The predicted molar refractivity (Wildman–Crippen MR) is 198 cm³/mol. The van der Waals surface area contributed by atoms with Gasteiger partial charge in [0.15, 0.2) is 5.65 Å². The van der Waals surface area contributed by atoms with Crippen LogP contribution in [0.15, 0.2) is 71.3 Å². The number of nitrogens with one attached hydrogen (secondary N) is 2. The molecule has 0 bridgehead atoms. The van der Waals surface area contributed by atoms with Gasteiger partial charge >= 0.3 is 0 Å². The van der Waals surface area contributed by atoms with E-state index in [9.17, 15) is 9.59 Å². The number of nitrogens with zero attached hydrogens (tertiary/aromatic N) is 3. The maximum Gasteiger partial charge on any atom is 0.256 e. The molecule has 3 aromatic rings. The van der Waals surface area contributed by atoms with Gasteiger partial charge in [-0.3, -0.25) is 14.7 Å². The Labute approximate surface area is 286 Å². The van der Waals surface area contributed by atoms with E-state index in [-0.39, 0.29) is 11.8 Å². The van der Waals surface area contributed by atoms with Crippen molar-refractivity contribution in [3.8, 4) is 11.5 Å². The number of aromatic amines is 1. The lowest BCUT2D eigenvalue weighted by molar-refractivity contribution is -0.127. The number of unbranched alkanes of at least 4 members (excludes halogenated alkanes) is 3. The number of piperidine rings is 1. The summed E-state index contributed by atoms with van der Waals surface area (Å²) in [7, 11) is 0. The van der Waals surface area contributed by atoms with Gasteiger partial charge in [0.1, 0.15) is 11.5 Å². The highest BCUT2D eigenvalue weighted by atomic mass is 32.2. The third-order valence-corrected chi connectivity index (χ3v) is 8.39. The molecule has 0 aliphatic carbocycles. The number of hydrogen-bond donors (Lipinski definition) is 2. The number of allylic oxidation sites excluding steroid dienone is 3. The number of hydrogen-bond acceptors (Lipinski definition) is 6. The zero-order valence-corrected chi connectivity index (χ0v) is 30.3. The first kappa shape index (κ1) is 39.3. The number of thioether (sulfide) groups is 1. The van der Waals surface area contributed by atoms with Crippen molar-refractivity contribution in [3.05, 3.63) is 82.5 Å². The summed E-state index contributed by atoms with van der Waals surface area (Å²) < 4.78 is 6.06. The monoisotopic (exact) mass is 661 g/mol. The van der Waals surface area contributed by atoms with Crippen LogP contribution in [0.2, 0.25) is 0 Å². The maximum atomic E-state index is 12.4. The lowest BCUT2D eigenvalue weighted by Crippen LogP contribution is -2.38. The lowest BCUT2D eigenvalue weighted by atomic mass is 10.0. The number of H-pyrrole nitrogens is 1. The second-order valence-electron chi connectivity index (χ2n) is 11.4. The fourth-order valence-corrected chi connectivity index (χ4v) is 5.61. The van der Waals surface area contributed by atoms with Crippen LogP contribution in [0.3, 0.4) is 0 Å². The third kappa shape index (κ3) is 13.4. The average Bonchev–Trinajstić information content (AvgIpc) is 3.50. The Morgan fingerprint density at radius 2 is 1.89 bits per heavy atom. The van der Waals surface area contributed by atoms with E-state index >= 15 is 0 Å². The molecule has 1 atom stereocenters. The van der Waals surface area contributed by atoms with E-state index < -0.39 is 0 Å². The van der Waals surface area contributed by atoms with Crippen molar-refractivity contribution >= 4 is 34.6 Å². The van der Waals surface area contributed by atoms with Crippen LogP contribution < -0.4 is 10.1 Å². The summed E-state index contributed by atoms with van der Waals surface area (Å²) in [5.41, 5.74) is 2.18. The summed E-state index contributed by atoms with van der Waals surface area (Å²) in [6, 6.07) is 8.82. The number of ether oxygens (including phenoxy) is 1. The molecule has 0 spiro atoms. The normalized spacial score (nSPS) is 14.6. The predicted octanol–water partition coefficient (Wildman–Crippen LogP) is 9.97. The number of benzene rings is 1. The molecule has 2 aromatic heterocycles. The van der Waals surface area contributed by atoms with Crippen molar-refractivity contribution in [2.45, 2.75) is 99.8 Å². The van der Waals surface area contributed by atoms with E-state index in [4.69, 9.17) is 4.74 Å². The molecule has 1 saturated heterocycles. The molecule has 47 heavy (non-hydrogen) atoms. The van der Waals surface area contributed by atoms with Crippen LogP contribution in [0.4, 0.5) is 0 Å². The number of fused-ring (bicyclic) bond motifs is 1. The molecule has 2 N–H and O–H groups in total. The maximum absolute atomic E-state index is 12.4. The van der Waals surface area contributed by atoms with Crippen molar-refractivity contribution in [1.82, 2.24) is 25.4 Å². The largest absolute Gasteiger partial charge is 0.456 e. The van der Waals surface area contributed by atoms with Crippen LogP contribution in [-0.4, -0.2) is 45.0 Å². The molecule has 256 valence electrons. The Bertz CT molecular complexity index is 1460. The molecule has 1 aromatic carbocycles. The molecule has 2 amide bonds. The van der Waals surface area contributed by atoms with Crippen molar-refractivity contribution in [3.63, 3.8) is 0 Å². The van der Waals surface area contributed by atoms with Gasteiger partial charge in [-0.15, -0.1) is 0 Å². The van der Waals surface area contributed by atoms with Gasteiger partial charge in [-0.1, -0.05) is 84.4 Å². The van der Waals surface area contributed by atoms with Gasteiger partial charge in [0.05, 0.1) is 10.4 Å². The molecule has 1 fully saturated rings. The molecule has 3 heterocycles. The molecule has 0 saturated carbocycles. The van der Waals surface area contributed by atoms with E-state index in [0.717, 1.165) is 54.8 Å². The summed E-state index contributed by atoms with van der Waals surface area (Å²) in [6.07, 6.45) is 16.5. The van der Waals surface area contributed by atoms with Crippen LogP contribution >= 0.6 is 11.8 Å². The van der Waals surface area contributed by atoms with Crippen LogP contribution in [0.1, 0.15) is 109 Å². The zero-order valence-electron chi connectivity index (χ0n) is 29.5. The molecule has 8 nitrogen and oxygen atoms in total. The van der Waals surface area contributed by atoms with Crippen molar-refractivity contribution in [2.24, 2.45) is 5.92 Å². The van der Waals surface area contributed by atoms with Gasteiger partial charge in [-0.2, -0.15) is 5.10 Å². The first-order valence-corrected chi connectivity index (χ1v) is 17.9. The zero-order chi connectivity index (χ0) is 34.6. The SMILES string of the molecule is C=C(NC(=O)c1ccc(Oc2ccnc3n[nH]c(CCC)c23)cc1)S/C(C)=C\C.CC.CCCCC/C=C/C(=O)N1CCCC(C)C1. The highest BCUT2D eigenvalue weighted by Gasteiger charge is 2.19. The first-order chi connectivity index (χ1) is 22.7. The number of carbonyl (C=O) groups is 2. The molecule has 1 aliphatic heterocycles. The van der Waals surface area contributed by atoms with Gasteiger partial charge in [-0.05, 0) is 93.2 Å². The van der Waals surface area contributed by atoms with Crippen LogP contribution in [0.5, 0.6) is 11.5 Å². The Hall–Kier alpha value is -3.85. The topological polar surface area (TPSA) is 100 Å². The van der Waals surface area contributed by atoms with Gasteiger partial charge in [0.25, 0.3) is 5.91 Å². The minimum atomic E-state index is -0.204.